The van der Waals surface area contributed by atoms with E-state index in [9.17, 15) is 39.6 Å². The lowest BCUT2D eigenvalue weighted by atomic mass is 9.54. The van der Waals surface area contributed by atoms with Crippen molar-refractivity contribution in [2.45, 2.75) is 30.6 Å². The third-order valence-corrected chi connectivity index (χ3v) is 8.45. The van der Waals surface area contributed by atoms with Crippen LogP contribution >= 0.6 is 15.9 Å². The largest absolute Gasteiger partial charge is 0.507 e. The minimum absolute atomic E-state index is 0.000626. The minimum atomic E-state index is -2.73. The maximum Gasteiger partial charge on any atom is 0.235 e. The predicted octanol–water partition coefficient (Wildman–Crippen LogP) is -0.472. The fourth-order valence-electron chi connectivity index (χ4n) is 6.33. The summed E-state index contributed by atoms with van der Waals surface area (Å²) in [5, 5.41) is 47.6. The SMILES string of the molecule is CN(C)c1cc(NC(=O)CBr)c(O)c2c1CC1CC3[C@H](N(C)C)C(O)C(C(N)=O)C(=O)[C@@]3(O)C(=O)C1=C2O. The van der Waals surface area contributed by atoms with Crippen molar-refractivity contribution >= 4 is 56.4 Å². The van der Waals surface area contributed by atoms with Gasteiger partial charge in [-0.2, -0.15) is 0 Å². The Morgan fingerprint density at radius 2 is 1.84 bits per heavy atom. The van der Waals surface area contributed by atoms with Gasteiger partial charge in [-0.25, -0.2) is 0 Å². The second-order valence-corrected chi connectivity index (χ2v) is 11.1. The standard InChI is InChI=1S/C25H31BrN4O8/c1-29(2)13-7-12(28-14(31)8-26)19(32)16-10(13)5-9-6-11-18(30(3)4)21(34)17(24(27)37)23(36)25(11,38)22(35)15(9)20(16)33/h7,9,11,17-18,21,32-34,38H,5-6,8H2,1-4H3,(H2,27,37)(H,28,31)/t9?,11?,17?,18-,21?,25-/m0/s1. The Labute approximate surface area is 227 Å². The average molecular weight is 595 g/mol. The van der Waals surface area contributed by atoms with Crippen LogP contribution in [0.1, 0.15) is 17.5 Å². The number of fused-ring (bicyclic) bond motifs is 3. The number of amides is 2. The number of aliphatic hydroxyl groups excluding tert-OH is 2. The molecule has 0 radical (unpaired) electrons. The fraction of sp³-hybridized carbons (Fsp3) is 0.520. The molecule has 0 heterocycles. The maximum atomic E-state index is 13.9. The van der Waals surface area contributed by atoms with Gasteiger partial charge in [-0.15, -0.1) is 0 Å². The van der Waals surface area contributed by atoms with Crippen molar-refractivity contribution < 1.29 is 39.6 Å². The molecule has 0 aromatic heterocycles. The molecule has 0 aliphatic heterocycles. The van der Waals surface area contributed by atoms with E-state index in [2.05, 4.69) is 21.2 Å². The third kappa shape index (κ3) is 3.91. The van der Waals surface area contributed by atoms with Crippen molar-refractivity contribution in [1.29, 1.82) is 0 Å². The van der Waals surface area contributed by atoms with Gasteiger partial charge in [-0.1, -0.05) is 15.9 Å². The number of likely N-dealkylation sites (N-methyl/N-ethyl adjacent to an activating group) is 1. The summed E-state index contributed by atoms with van der Waals surface area (Å²) in [5.41, 5.74) is 3.39. The number of aromatic hydroxyl groups is 1. The Bertz CT molecular complexity index is 1280. The van der Waals surface area contributed by atoms with Gasteiger partial charge >= 0.3 is 0 Å². The Morgan fingerprint density at radius 1 is 1.21 bits per heavy atom. The zero-order valence-electron chi connectivity index (χ0n) is 21.4. The van der Waals surface area contributed by atoms with Gasteiger partial charge in [-0.05, 0) is 44.5 Å². The van der Waals surface area contributed by atoms with Gasteiger partial charge in [0.05, 0.1) is 22.7 Å². The number of Topliss-reactive ketones (excluding diaryl/α,β-unsaturated/α-hetero) is 2. The van der Waals surface area contributed by atoms with Crippen molar-refractivity contribution in [2.75, 3.05) is 43.7 Å². The van der Waals surface area contributed by atoms with Crippen LogP contribution in [0, 0.1) is 17.8 Å². The highest BCUT2D eigenvalue weighted by Gasteiger charge is 2.67. The molecule has 13 heteroatoms. The lowest BCUT2D eigenvalue weighted by Gasteiger charge is -2.53. The van der Waals surface area contributed by atoms with Crippen LogP contribution in [0.25, 0.3) is 5.76 Å². The van der Waals surface area contributed by atoms with Crippen LogP contribution in [-0.2, 0) is 25.6 Å². The van der Waals surface area contributed by atoms with E-state index in [1.54, 1.807) is 39.2 Å². The highest BCUT2D eigenvalue weighted by molar-refractivity contribution is 9.09. The molecule has 0 saturated heterocycles. The average Bonchev–Trinajstić information content (AvgIpc) is 2.82. The molecule has 2 amide bonds. The molecule has 1 aromatic carbocycles. The topological polar surface area (TPSA) is 194 Å². The van der Waals surface area contributed by atoms with Crippen LogP contribution in [0.3, 0.4) is 0 Å². The lowest BCUT2D eigenvalue weighted by Crippen LogP contribution is -2.73. The highest BCUT2D eigenvalue weighted by Crippen LogP contribution is 2.54. The molecule has 3 aliphatic rings. The van der Waals surface area contributed by atoms with Crippen LogP contribution in [-0.4, -0.2) is 100.0 Å². The zero-order chi connectivity index (χ0) is 28.4. The number of benzene rings is 1. The zero-order valence-corrected chi connectivity index (χ0v) is 22.9. The molecule has 6 atom stereocenters. The van der Waals surface area contributed by atoms with Crippen molar-refractivity contribution in [3.8, 4) is 5.75 Å². The first-order valence-electron chi connectivity index (χ1n) is 12.0. The summed E-state index contributed by atoms with van der Waals surface area (Å²) in [7, 11) is 6.67. The van der Waals surface area contributed by atoms with Crippen molar-refractivity contribution in [3.63, 3.8) is 0 Å². The van der Waals surface area contributed by atoms with E-state index >= 15 is 0 Å². The number of carbonyl (C=O) groups excluding carboxylic acids is 4. The van der Waals surface area contributed by atoms with Crippen LogP contribution in [0.2, 0.25) is 0 Å². The number of hydrogen-bond acceptors (Lipinski definition) is 10. The number of rotatable bonds is 5. The summed E-state index contributed by atoms with van der Waals surface area (Å²) in [6.07, 6.45) is -1.37. The first-order chi connectivity index (χ1) is 17.7. The number of carbonyl (C=O) groups is 4. The summed E-state index contributed by atoms with van der Waals surface area (Å²) in [5.74, 6) is -8.66. The van der Waals surface area contributed by atoms with Crippen LogP contribution in [0.15, 0.2) is 11.6 Å². The molecule has 12 nitrogen and oxygen atoms in total. The van der Waals surface area contributed by atoms with Gasteiger partial charge in [0.15, 0.2) is 11.4 Å². The van der Waals surface area contributed by atoms with E-state index in [1.807, 2.05) is 0 Å². The summed E-state index contributed by atoms with van der Waals surface area (Å²) >= 11 is 3.04. The molecule has 4 unspecified atom stereocenters. The molecule has 4 rings (SSSR count). The number of ketones is 2. The van der Waals surface area contributed by atoms with Gasteiger partial charge in [0.2, 0.25) is 17.6 Å². The van der Waals surface area contributed by atoms with E-state index < -0.39 is 70.4 Å². The molecule has 1 aromatic rings. The number of phenols is 1. The molecule has 206 valence electrons. The molecular weight excluding hydrogens is 564 g/mol. The molecule has 7 N–H and O–H groups in total. The Kier molecular flexibility index (Phi) is 7.10. The summed E-state index contributed by atoms with van der Waals surface area (Å²) in [4.78, 5) is 54.8. The quantitative estimate of drug-likeness (QED) is 0.147. The summed E-state index contributed by atoms with van der Waals surface area (Å²) in [6.45, 7) is 0. The number of nitrogens with zero attached hydrogens (tertiary/aromatic N) is 2. The van der Waals surface area contributed by atoms with Gasteiger partial charge in [0.25, 0.3) is 0 Å². The van der Waals surface area contributed by atoms with Crippen molar-refractivity contribution in [2.24, 2.45) is 23.5 Å². The summed E-state index contributed by atoms with van der Waals surface area (Å²) < 4.78 is 0. The molecule has 3 aliphatic carbocycles. The van der Waals surface area contributed by atoms with E-state index in [1.165, 1.54) is 4.90 Å². The first kappa shape index (κ1) is 28.0. The second-order valence-electron chi connectivity index (χ2n) is 10.5. The molecule has 0 bridgehead atoms. The third-order valence-electron chi connectivity index (χ3n) is 7.94. The number of aliphatic hydroxyl groups is 3. The Morgan fingerprint density at radius 3 is 2.37 bits per heavy atom. The number of anilines is 2. The normalized spacial score (nSPS) is 30.5. The number of nitrogens with one attached hydrogen (secondary N) is 1. The summed E-state index contributed by atoms with van der Waals surface area (Å²) in [6, 6.07) is 0.592. The molecule has 2 saturated carbocycles. The highest BCUT2D eigenvalue weighted by atomic mass is 79.9. The van der Waals surface area contributed by atoms with E-state index in [4.69, 9.17) is 5.73 Å². The van der Waals surface area contributed by atoms with E-state index in [0.29, 0.717) is 11.3 Å². The number of phenolic OH excluding ortho intramolecular Hbond substituents is 1. The van der Waals surface area contributed by atoms with Crippen LogP contribution < -0.4 is 16.0 Å². The Hall–Kier alpha value is -3.00. The smallest absolute Gasteiger partial charge is 0.235 e. The number of halogens is 1. The van der Waals surface area contributed by atoms with Gasteiger partial charge in [0, 0.05) is 37.3 Å². The van der Waals surface area contributed by atoms with E-state index in [0.717, 1.165) is 0 Å². The van der Waals surface area contributed by atoms with Gasteiger partial charge in [-0.3, -0.25) is 19.2 Å². The fourth-order valence-corrected chi connectivity index (χ4v) is 6.47. The lowest BCUT2D eigenvalue weighted by molar-refractivity contribution is -0.184. The van der Waals surface area contributed by atoms with E-state index in [-0.39, 0.29) is 35.0 Å². The van der Waals surface area contributed by atoms with Gasteiger partial charge < -0.3 is 41.3 Å². The maximum absolute atomic E-state index is 13.9. The second kappa shape index (κ2) is 9.63. The molecule has 0 spiro atoms. The Balaban J connectivity index is 1.95. The number of hydrogen-bond donors (Lipinski definition) is 6. The van der Waals surface area contributed by atoms with Crippen LogP contribution in [0.5, 0.6) is 5.75 Å². The molecular formula is C25H31BrN4O8. The van der Waals surface area contributed by atoms with Gasteiger partial charge in [0.1, 0.15) is 17.4 Å². The monoisotopic (exact) mass is 594 g/mol. The van der Waals surface area contributed by atoms with Crippen molar-refractivity contribution in [1.82, 2.24) is 4.90 Å². The molecule has 2 fully saturated rings. The first-order valence-corrected chi connectivity index (χ1v) is 13.1. The number of alkyl halides is 1. The minimum Gasteiger partial charge on any atom is -0.507 e. The molecule has 38 heavy (non-hydrogen) atoms. The predicted molar refractivity (Wildman–Crippen MR) is 141 cm³/mol. The number of nitrogens with two attached hydrogens (primary N) is 1. The number of primary amides is 1. The van der Waals surface area contributed by atoms with Crippen molar-refractivity contribution in [3.05, 3.63) is 22.8 Å². The van der Waals surface area contributed by atoms with Crippen LogP contribution in [0.4, 0.5) is 11.4 Å².